The lowest BCUT2D eigenvalue weighted by atomic mass is 9.84. The summed E-state index contributed by atoms with van der Waals surface area (Å²) in [6, 6.07) is 4.12. The fraction of sp³-hybridized carbons (Fsp3) is 0.625. The van der Waals surface area contributed by atoms with E-state index in [1.807, 2.05) is 24.1 Å². The fourth-order valence-corrected chi connectivity index (χ4v) is 5.33. The number of nitrogens with one attached hydrogen (secondary N) is 1. The molecule has 1 unspecified atom stereocenters. The predicted molar refractivity (Wildman–Crippen MR) is 120 cm³/mol. The zero-order valence-electron chi connectivity index (χ0n) is 19.0. The smallest absolute Gasteiger partial charge is 0.306 e. The number of hydrogen-bond acceptors (Lipinski definition) is 6. The number of rotatable bonds is 5. The van der Waals surface area contributed by atoms with Crippen molar-refractivity contribution in [1.29, 1.82) is 0 Å². The van der Waals surface area contributed by atoms with E-state index < -0.39 is 5.97 Å². The number of aromatic nitrogens is 1. The minimum atomic E-state index is -0.760. The lowest BCUT2D eigenvalue weighted by Crippen LogP contribution is -2.45. The molecule has 1 aliphatic carbocycles. The van der Waals surface area contributed by atoms with Crippen LogP contribution >= 0.6 is 0 Å². The Kier molecular flexibility index (Phi) is 6.95. The second kappa shape index (κ2) is 9.89. The first kappa shape index (κ1) is 23.2. The van der Waals surface area contributed by atoms with E-state index in [-0.39, 0.29) is 35.5 Å². The number of amides is 3. The number of piperidine rings is 2. The van der Waals surface area contributed by atoms with E-state index in [1.165, 1.54) is 0 Å². The van der Waals surface area contributed by atoms with Crippen molar-refractivity contribution in [3.8, 4) is 0 Å². The summed E-state index contributed by atoms with van der Waals surface area (Å²) in [5, 5.41) is 11.5. The lowest BCUT2D eigenvalue weighted by molar-refractivity contribution is -0.147. The molecule has 2 saturated heterocycles. The van der Waals surface area contributed by atoms with Crippen molar-refractivity contribution in [3.05, 3.63) is 23.9 Å². The minimum Gasteiger partial charge on any atom is -0.481 e. The molecule has 0 spiro atoms. The zero-order chi connectivity index (χ0) is 23.5. The number of nitrogens with zero attached hydrogens (tertiary/aromatic N) is 3. The van der Waals surface area contributed by atoms with Gasteiger partial charge in [-0.05, 0) is 56.6 Å². The number of imide groups is 1. The quantitative estimate of drug-likeness (QED) is 0.650. The molecule has 1 saturated carbocycles. The molecule has 1 aromatic rings. The van der Waals surface area contributed by atoms with E-state index in [4.69, 9.17) is 5.11 Å². The number of carboxylic acids is 1. The van der Waals surface area contributed by atoms with Crippen LogP contribution in [0.4, 0.5) is 5.82 Å². The SMILES string of the molecule is CN(c1ccc(C2CCC(=O)NC2=O)cn1)C1CCC(C(=O)N2CCC(C(=O)O)CC2)CC1. The van der Waals surface area contributed by atoms with Crippen LogP contribution in [0.2, 0.25) is 0 Å². The number of carboxylic acid groups (broad SMARTS) is 1. The summed E-state index contributed by atoms with van der Waals surface area (Å²) in [7, 11) is 2.01. The molecular formula is C24H32N4O5. The molecule has 3 aliphatic rings. The highest BCUT2D eigenvalue weighted by Gasteiger charge is 2.34. The van der Waals surface area contributed by atoms with Gasteiger partial charge in [0, 0.05) is 44.7 Å². The van der Waals surface area contributed by atoms with Gasteiger partial charge < -0.3 is 14.9 Å². The van der Waals surface area contributed by atoms with Crippen molar-refractivity contribution in [2.24, 2.45) is 11.8 Å². The average molecular weight is 457 g/mol. The predicted octanol–water partition coefficient (Wildman–Crippen LogP) is 1.92. The molecule has 9 nitrogen and oxygen atoms in total. The normalized spacial score (nSPS) is 26.6. The van der Waals surface area contributed by atoms with Gasteiger partial charge in [0.05, 0.1) is 11.8 Å². The molecule has 9 heteroatoms. The summed E-state index contributed by atoms with van der Waals surface area (Å²) in [5.41, 5.74) is 0.818. The molecule has 1 atom stereocenters. The van der Waals surface area contributed by atoms with Gasteiger partial charge >= 0.3 is 5.97 Å². The van der Waals surface area contributed by atoms with Crippen molar-refractivity contribution >= 4 is 29.5 Å². The van der Waals surface area contributed by atoms with Crippen molar-refractivity contribution in [2.75, 3.05) is 25.0 Å². The molecule has 4 rings (SSSR count). The first-order valence-electron chi connectivity index (χ1n) is 11.9. The second-order valence-corrected chi connectivity index (χ2v) is 9.51. The third-order valence-electron chi connectivity index (χ3n) is 7.52. The number of hydrogen-bond donors (Lipinski definition) is 2. The van der Waals surface area contributed by atoms with Gasteiger partial charge in [-0.3, -0.25) is 24.5 Å². The first-order chi connectivity index (χ1) is 15.8. The van der Waals surface area contributed by atoms with Crippen molar-refractivity contribution in [3.63, 3.8) is 0 Å². The number of carbonyl (C=O) groups excluding carboxylic acids is 3. The molecule has 0 radical (unpaired) electrons. The standard InChI is InChI=1S/C24H32N4O5/c1-27(20-8-4-17(14-25-20)19-7-9-21(29)26-22(19)30)18-5-2-15(3-6-18)23(31)28-12-10-16(11-13-28)24(32)33/h4,8,14-16,18-19H,2-3,5-7,9-13H2,1H3,(H,32,33)(H,26,29,30). The summed E-state index contributed by atoms with van der Waals surface area (Å²) in [4.78, 5) is 56.1. The molecule has 0 bridgehead atoms. The molecule has 1 aromatic heterocycles. The first-order valence-corrected chi connectivity index (χ1v) is 11.9. The van der Waals surface area contributed by atoms with Gasteiger partial charge in [0.2, 0.25) is 17.7 Å². The Balaban J connectivity index is 1.28. The highest BCUT2D eigenvalue weighted by atomic mass is 16.4. The summed E-state index contributed by atoms with van der Waals surface area (Å²) in [5.74, 6) is -0.890. The Morgan fingerprint density at radius 2 is 1.73 bits per heavy atom. The molecule has 0 aromatic carbocycles. The van der Waals surface area contributed by atoms with E-state index in [0.29, 0.717) is 44.8 Å². The van der Waals surface area contributed by atoms with Crippen molar-refractivity contribution in [2.45, 2.75) is 63.3 Å². The van der Waals surface area contributed by atoms with Gasteiger partial charge in [-0.25, -0.2) is 4.98 Å². The van der Waals surface area contributed by atoms with Gasteiger partial charge in [0.15, 0.2) is 0 Å². The third kappa shape index (κ3) is 5.17. The minimum absolute atomic E-state index is 0.0129. The Morgan fingerprint density at radius 1 is 1.03 bits per heavy atom. The van der Waals surface area contributed by atoms with Gasteiger partial charge in [-0.15, -0.1) is 0 Å². The van der Waals surface area contributed by atoms with Crippen LogP contribution < -0.4 is 10.2 Å². The third-order valence-corrected chi connectivity index (χ3v) is 7.52. The number of carbonyl (C=O) groups is 4. The van der Waals surface area contributed by atoms with E-state index in [1.54, 1.807) is 6.20 Å². The summed E-state index contributed by atoms with van der Waals surface area (Å²) < 4.78 is 0. The topological polar surface area (TPSA) is 120 Å². The molecule has 2 aliphatic heterocycles. The highest BCUT2D eigenvalue weighted by molar-refractivity contribution is 6.00. The number of pyridine rings is 1. The van der Waals surface area contributed by atoms with Crippen LogP contribution in [0.1, 0.15) is 62.8 Å². The Hall–Kier alpha value is -2.97. The lowest BCUT2D eigenvalue weighted by Gasteiger charge is -2.38. The number of anilines is 1. The number of likely N-dealkylation sites (tertiary alicyclic amines) is 1. The van der Waals surface area contributed by atoms with E-state index >= 15 is 0 Å². The molecule has 3 fully saturated rings. The highest BCUT2D eigenvalue weighted by Crippen LogP contribution is 2.32. The largest absolute Gasteiger partial charge is 0.481 e. The van der Waals surface area contributed by atoms with Crippen LogP contribution in [-0.2, 0) is 19.2 Å². The molecule has 3 amide bonds. The van der Waals surface area contributed by atoms with E-state index in [0.717, 1.165) is 37.1 Å². The maximum atomic E-state index is 12.9. The van der Waals surface area contributed by atoms with Gasteiger partial charge in [-0.2, -0.15) is 0 Å². The zero-order valence-corrected chi connectivity index (χ0v) is 19.0. The van der Waals surface area contributed by atoms with Gasteiger partial charge in [0.25, 0.3) is 0 Å². The average Bonchev–Trinajstić information content (AvgIpc) is 2.83. The van der Waals surface area contributed by atoms with Crippen LogP contribution in [0.3, 0.4) is 0 Å². The van der Waals surface area contributed by atoms with Crippen LogP contribution in [0.5, 0.6) is 0 Å². The van der Waals surface area contributed by atoms with Gasteiger partial charge in [-0.1, -0.05) is 6.07 Å². The molecule has 178 valence electrons. The van der Waals surface area contributed by atoms with E-state index in [9.17, 15) is 19.2 Å². The van der Waals surface area contributed by atoms with Crippen LogP contribution in [0.15, 0.2) is 18.3 Å². The molecule has 3 heterocycles. The van der Waals surface area contributed by atoms with Gasteiger partial charge in [0.1, 0.15) is 5.82 Å². The summed E-state index contributed by atoms with van der Waals surface area (Å²) in [6.45, 7) is 1.08. The molecular weight excluding hydrogens is 424 g/mol. The Morgan fingerprint density at radius 3 is 2.30 bits per heavy atom. The van der Waals surface area contributed by atoms with Crippen molar-refractivity contribution < 1.29 is 24.3 Å². The Bertz CT molecular complexity index is 902. The van der Waals surface area contributed by atoms with Crippen LogP contribution in [0, 0.1) is 11.8 Å². The number of aliphatic carboxylic acids is 1. The Labute approximate surface area is 193 Å². The van der Waals surface area contributed by atoms with Crippen LogP contribution in [0.25, 0.3) is 0 Å². The maximum absolute atomic E-state index is 12.9. The second-order valence-electron chi connectivity index (χ2n) is 9.51. The van der Waals surface area contributed by atoms with E-state index in [2.05, 4.69) is 15.2 Å². The summed E-state index contributed by atoms with van der Waals surface area (Å²) in [6.07, 6.45) is 7.10. The van der Waals surface area contributed by atoms with Crippen molar-refractivity contribution in [1.82, 2.24) is 15.2 Å². The molecule has 2 N–H and O–H groups in total. The maximum Gasteiger partial charge on any atom is 0.306 e. The van der Waals surface area contributed by atoms with Crippen LogP contribution in [-0.4, -0.2) is 64.9 Å². The fourth-order valence-electron chi connectivity index (χ4n) is 5.33. The molecule has 33 heavy (non-hydrogen) atoms. The summed E-state index contributed by atoms with van der Waals surface area (Å²) >= 11 is 0. The monoisotopic (exact) mass is 456 g/mol.